The number of unbranched alkanes of at least 4 members (excludes halogenated alkanes) is 2. The highest BCUT2D eigenvalue weighted by molar-refractivity contribution is 4.89. The quantitative estimate of drug-likeness (QED) is 0.516. The van der Waals surface area contributed by atoms with Gasteiger partial charge in [0.1, 0.15) is 0 Å². The van der Waals surface area contributed by atoms with E-state index < -0.39 is 0 Å². The van der Waals surface area contributed by atoms with Gasteiger partial charge in [0, 0.05) is 0 Å². The zero-order valence-electron chi connectivity index (χ0n) is 9.03. The van der Waals surface area contributed by atoms with Gasteiger partial charge in [0.05, 0.1) is 0 Å². The monoisotopic (exact) mass is 168 g/mol. The summed E-state index contributed by atoms with van der Waals surface area (Å²) in [5.41, 5.74) is 0.769. The summed E-state index contributed by atoms with van der Waals surface area (Å²) in [6, 6.07) is 0. The lowest BCUT2D eigenvalue weighted by molar-refractivity contribution is 0.368. The molecule has 0 nitrogen and oxygen atoms in total. The summed E-state index contributed by atoms with van der Waals surface area (Å²) in [4.78, 5) is 0. The molecule has 0 heteroatoms. The minimum Gasteiger partial charge on any atom is -0.0654 e. The van der Waals surface area contributed by atoms with Gasteiger partial charge in [0.25, 0.3) is 0 Å². The fourth-order valence-electron chi connectivity index (χ4n) is 2.10. The van der Waals surface area contributed by atoms with Crippen molar-refractivity contribution in [1.82, 2.24) is 0 Å². The van der Waals surface area contributed by atoms with Crippen molar-refractivity contribution in [3.63, 3.8) is 0 Å². The lowest BCUT2D eigenvalue weighted by Crippen LogP contribution is -2.03. The van der Waals surface area contributed by atoms with Gasteiger partial charge >= 0.3 is 0 Å². The van der Waals surface area contributed by atoms with E-state index in [2.05, 4.69) is 20.8 Å². The van der Waals surface area contributed by atoms with Crippen LogP contribution in [-0.2, 0) is 0 Å². The minimum atomic E-state index is 0.769. The van der Waals surface area contributed by atoms with Gasteiger partial charge in [-0.05, 0) is 30.6 Å². The summed E-state index contributed by atoms with van der Waals surface area (Å²) in [7, 11) is 0. The second-order valence-corrected chi connectivity index (χ2v) is 5.12. The highest BCUT2D eigenvalue weighted by Crippen LogP contribution is 2.50. The Bertz CT molecular complexity index is 122. The minimum absolute atomic E-state index is 0.769. The third-order valence-electron chi connectivity index (χ3n) is 3.25. The van der Waals surface area contributed by atoms with E-state index in [9.17, 15) is 0 Å². The first-order valence-electron chi connectivity index (χ1n) is 5.66. The van der Waals surface area contributed by atoms with Gasteiger partial charge in [-0.3, -0.25) is 0 Å². The standard InChI is InChI=1S/C12H24/c1-4-5-6-7-11(2)10-12(3)8-9-12/h11H,4-10H2,1-3H3. The predicted molar refractivity (Wildman–Crippen MR) is 55.3 cm³/mol. The highest BCUT2D eigenvalue weighted by atomic mass is 14.4. The van der Waals surface area contributed by atoms with E-state index in [0.29, 0.717) is 0 Å². The van der Waals surface area contributed by atoms with Crippen molar-refractivity contribution in [2.75, 3.05) is 0 Å². The molecular formula is C12H24. The van der Waals surface area contributed by atoms with Gasteiger partial charge < -0.3 is 0 Å². The predicted octanol–water partition coefficient (Wildman–Crippen LogP) is 4.39. The molecule has 0 aromatic heterocycles. The van der Waals surface area contributed by atoms with Gasteiger partial charge in [-0.1, -0.05) is 46.5 Å². The molecule has 72 valence electrons. The maximum atomic E-state index is 2.45. The zero-order valence-corrected chi connectivity index (χ0v) is 9.03. The lowest BCUT2D eigenvalue weighted by atomic mass is 9.91. The normalized spacial score (nSPS) is 22.2. The van der Waals surface area contributed by atoms with Gasteiger partial charge in [0.15, 0.2) is 0 Å². The zero-order chi connectivity index (χ0) is 9.03. The molecule has 1 fully saturated rings. The summed E-state index contributed by atoms with van der Waals surface area (Å²) in [5.74, 6) is 0.976. The van der Waals surface area contributed by atoms with Crippen LogP contribution < -0.4 is 0 Å². The first-order chi connectivity index (χ1) is 5.66. The van der Waals surface area contributed by atoms with E-state index >= 15 is 0 Å². The molecule has 12 heavy (non-hydrogen) atoms. The molecule has 0 amide bonds. The summed E-state index contributed by atoms with van der Waals surface area (Å²) in [6.07, 6.45) is 10.2. The summed E-state index contributed by atoms with van der Waals surface area (Å²) >= 11 is 0. The average molecular weight is 168 g/mol. The summed E-state index contributed by atoms with van der Waals surface area (Å²) in [5, 5.41) is 0. The number of hydrogen-bond donors (Lipinski definition) is 0. The number of rotatable bonds is 6. The molecule has 1 saturated carbocycles. The third kappa shape index (κ3) is 3.60. The largest absolute Gasteiger partial charge is 0.0654 e. The fourth-order valence-corrected chi connectivity index (χ4v) is 2.10. The van der Waals surface area contributed by atoms with Crippen LogP contribution in [0.25, 0.3) is 0 Å². The molecular weight excluding hydrogens is 144 g/mol. The number of hydrogen-bond acceptors (Lipinski definition) is 0. The molecule has 0 saturated heterocycles. The van der Waals surface area contributed by atoms with E-state index in [0.717, 1.165) is 11.3 Å². The first-order valence-corrected chi connectivity index (χ1v) is 5.66. The molecule has 0 heterocycles. The van der Waals surface area contributed by atoms with E-state index in [1.54, 1.807) is 0 Å². The van der Waals surface area contributed by atoms with Crippen molar-refractivity contribution in [3.8, 4) is 0 Å². The molecule has 0 N–H and O–H groups in total. The van der Waals surface area contributed by atoms with Gasteiger partial charge in [0.2, 0.25) is 0 Å². The van der Waals surface area contributed by atoms with Crippen LogP contribution in [0.5, 0.6) is 0 Å². The first kappa shape index (κ1) is 10.1. The lowest BCUT2D eigenvalue weighted by Gasteiger charge is -2.15. The third-order valence-corrected chi connectivity index (χ3v) is 3.25. The van der Waals surface area contributed by atoms with Crippen molar-refractivity contribution < 1.29 is 0 Å². The molecule has 0 aromatic carbocycles. The molecule has 1 rings (SSSR count). The van der Waals surface area contributed by atoms with Crippen LogP contribution in [0.4, 0.5) is 0 Å². The van der Waals surface area contributed by atoms with E-state index in [-0.39, 0.29) is 0 Å². The smallest absolute Gasteiger partial charge is 0.0323 e. The van der Waals surface area contributed by atoms with E-state index in [4.69, 9.17) is 0 Å². The molecule has 1 aliphatic carbocycles. The van der Waals surface area contributed by atoms with Crippen LogP contribution in [0, 0.1) is 11.3 Å². The molecule has 1 aliphatic rings. The Morgan fingerprint density at radius 3 is 2.42 bits per heavy atom. The topological polar surface area (TPSA) is 0 Å². The van der Waals surface area contributed by atoms with Crippen LogP contribution in [0.1, 0.15) is 65.7 Å². The molecule has 0 spiro atoms. The van der Waals surface area contributed by atoms with Gasteiger partial charge in [-0.15, -0.1) is 0 Å². The highest BCUT2D eigenvalue weighted by Gasteiger charge is 2.37. The van der Waals surface area contributed by atoms with E-state index in [1.807, 2.05) is 0 Å². The van der Waals surface area contributed by atoms with Gasteiger partial charge in [-0.2, -0.15) is 0 Å². The Morgan fingerprint density at radius 2 is 1.92 bits per heavy atom. The maximum absolute atomic E-state index is 2.45. The molecule has 0 aliphatic heterocycles. The van der Waals surface area contributed by atoms with Crippen molar-refractivity contribution >= 4 is 0 Å². The molecule has 1 unspecified atom stereocenters. The fraction of sp³-hybridized carbons (Fsp3) is 1.00. The Hall–Kier alpha value is 0. The van der Waals surface area contributed by atoms with Crippen molar-refractivity contribution in [3.05, 3.63) is 0 Å². The Morgan fingerprint density at radius 1 is 1.25 bits per heavy atom. The molecule has 0 aromatic rings. The van der Waals surface area contributed by atoms with Crippen LogP contribution in [0.15, 0.2) is 0 Å². The summed E-state index contributed by atoms with van der Waals surface area (Å²) in [6.45, 7) is 7.16. The second-order valence-electron chi connectivity index (χ2n) is 5.12. The summed E-state index contributed by atoms with van der Waals surface area (Å²) < 4.78 is 0. The van der Waals surface area contributed by atoms with Crippen molar-refractivity contribution in [1.29, 1.82) is 0 Å². The average Bonchev–Trinajstić information content (AvgIpc) is 2.68. The van der Waals surface area contributed by atoms with Gasteiger partial charge in [-0.25, -0.2) is 0 Å². The SMILES string of the molecule is CCCCCC(C)CC1(C)CC1. The van der Waals surface area contributed by atoms with Crippen molar-refractivity contribution in [2.45, 2.75) is 65.7 Å². The Kier molecular flexibility index (Phi) is 3.61. The van der Waals surface area contributed by atoms with Crippen LogP contribution in [0.2, 0.25) is 0 Å². The van der Waals surface area contributed by atoms with Crippen LogP contribution in [-0.4, -0.2) is 0 Å². The van der Waals surface area contributed by atoms with Crippen molar-refractivity contribution in [2.24, 2.45) is 11.3 Å². The van der Waals surface area contributed by atoms with E-state index in [1.165, 1.54) is 44.9 Å². The second kappa shape index (κ2) is 4.30. The Balaban J connectivity index is 2.00. The van der Waals surface area contributed by atoms with Crippen LogP contribution in [0.3, 0.4) is 0 Å². The molecule has 0 radical (unpaired) electrons. The molecule has 1 atom stereocenters. The molecule has 0 bridgehead atoms. The van der Waals surface area contributed by atoms with Crippen LogP contribution >= 0.6 is 0 Å². The maximum Gasteiger partial charge on any atom is -0.0323 e. The Labute approximate surface area is 77.7 Å².